The molecular formula is C13H22N4O3. The van der Waals surface area contributed by atoms with Crippen LogP contribution in [-0.4, -0.2) is 26.8 Å². The van der Waals surface area contributed by atoms with Gasteiger partial charge in [-0.3, -0.25) is 14.3 Å². The van der Waals surface area contributed by atoms with Gasteiger partial charge in [0.15, 0.2) is 0 Å². The van der Waals surface area contributed by atoms with Gasteiger partial charge in [-0.05, 0) is 19.3 Å². The summed E-state index contributed by atoms with van der Waals surface area (Å²) in [5, 5.41) is 13.0. The number of hydrogen-bond donors (Lipinski definition) is 4. The summed E-state index contributed by atoms with van der Waals surface area (Å²) in [5.41, 5.74) is 5.09. The number of rotatable bonds is 4. The van der Waals surface area contributed by atoms with Gasteiger partial charge in [-0.2, -0.15) is 0 Å². The van der Waals surface area contributed by atoms with Gasteiger partial charge in [-0.15, -0.1) is 0 Å². The van der Waals surface area contributed by atoms with E-state index in [0.717, 1.165) is 25.7 Å². The monoisotopic (exact) mass is 282 g/mol. The van der Waals surface area contributed by atoms with Crippen LogP contribution in [0.3, 0.4) is 0 Å². The molecule has 1 fully saturated rings. The van der Waals surface area contributed by atoms with Gasteiger partial charge in [0.2, 0.25) is 0 Å². The second-order valence-electron chi connectivity index (χ2n) is 5.27. The van der Waals surface area contributed by atoms with Crippen molar-refractivity contribution in [3.8, 4) is 0 Å². The molecule has 1 aliphatic rings. The first-order chi connectivity index (χ1) is 9.54. The Bertz CT molecular complexity index is 578. The van der Waals surface area contributed by atoms with E-state index in [4.69, 9.17) is 5.73 Å². The number of aliphatic hydroxyl groups is 1. The number of aromatic nitrogens is 2. The van der Waals surface area contributed by atoms with Gasteiger partial charge < -0.3 is 16.2 Å². The molecule has 2 rings (SSSR count). The minimum atomic E-state index is -0.530. The van der Waals surface area contributed by atoms with Gasteiger partial charge in [0.05, 0.1) is 12.1 Å². The molecule has 0 spiro atoms. The van der Waals surface area contributed by atoms with E-state index in [0.29, 0.717) is 13.0 Å². The summed E-state index contributed by atoms with van der Waals surface area (Å²) in [6, 6.07) is -0.195. The van der Waals surface area contributed by atoms with Crippen LogP contribution >= 0.6 is 0 Å². The predicted octanol–water partition coefficient (Wildman–Crippen LogP) is 0.244. The predicted molar refractivity (Wildman–Crippen MR) is 77.9 cm³/mol. The fourth-order valence-electron chi connectivity index (χ4n) is 2.64. The highest BCUT2D eigenvalue weighted by Crippen LogP contribution is 2.22. The lowest BCUT2D eigenvalue weighted by Gasteiger charge is -2.29. The summed E-state index contributed by atoms with van der Waals surface area (Å²) in [6.45, 7) is 2.37. The first kappa shape index (κ1) is 14.6. The van der Waals surface area contributed by atoms with Crippen LogP contribution in [0.4, 0.5) is 11.5 Å². The zero-order chi connectivity index (χ0) is 14.7. The molecule has 112 valence electrons. The molecule has 0 amide bonds. The zero-order valence-corrected chi connectivity index (χ0v) is 11.7. The standard InChI is InChI=1S/C13H22N4O3/c1-2-7-17-11(14)10(12(19)16-13(17)20)15-8-5-3-4-6-9(8)18/h8-9,15,18H,2-7,14H2,1H3,(H,16,19,20). The lowest BCUT2D eigenvalue weighted by atomic mass is 9.92. The van der Waals surface area contributed by atoms with Crippen molar-refractivity contribution >= 4 is 11.5 Å². The lowest BCUT2D eigenvalue weighted by molar-refractivity contribution is 0.116. The van der Waals surface area contributed by atoms with Gasteiger partial charge in [0.1, 0.15) is 11.5 Å². The SMILES string of the molecule is CCCn1c(N)c(NC2CCCCC2O)c(=O)[nH]c1=O. The maximum absolute atomic E-state index is 11.9. The second-order valence-corrected chi connectivity index (χ2v) is 5.27. The Labute approximate surface area is 116 Å². The number of aromatic amines is 1. The molecule has 0 aliphatic heterocycles. The van der Waals surface area contributed by atoms with Crippen molar-refractivity contribution in [2.75, 3.05) is 11.1 Å². The minimum absolute atomic E-state index is 0.137. The van der Waals surface area contributed by atoms with E-state index in [1.54, 1.807) is 0 Å². The van der Waals surface area contributed by atoms with Gasteiger partial charge in [-0.1, -0.05) is 19.8 Å². The minimum Gasteiger partial charge on any atom is -0.391 e. The van der Waals surface area contributed by atoms with Crippen LogP contribution in [-0.2, 0) is 6.54 Å². The third-order valence-corrected chi connectivity index (χ3v) is 3.75. The maximum atomic E-state index is 11.9. The molecular weight excluding hydrogens is 260 g/mol. The Hall–Kier alpha value is -1.76. The van der Waals surface area contributed by atoms with Crippen LogP contribution in [0.5, 0.6) is 0 Å². The second kappa shape index (κ2) is 6.13. The van der Waals surface area contributed by atoms with E-state index >= 15 is 0 Å². The highest BCUT2D eigenvalue weighted by Gasteiger charge is 2.25. The molecule has 5 N–H and O–H groups in total. The number of aliphatic hydroxyl groups excluding tert-OH is 1. The Morgan fingerprint density at radius 3 is 2.75 bits per heavy atom. The number of H-pyrrole nitrogens is 1. The molecule has 0 saturated heterocycles. The van der Waals surface area contributed by atoms with Crippen LogP contribution in [0.25, 0.3) is 0 Å². The van der Waals surface area contributed by atoms with E-state index in [1.165, 1.54) is 4.57 Å². The number of hydrogen-bond acceptors (Lipinski definition) is 5. The van der Waals surface area contributed by atoms with Crippen molar-refractivity contribution in [2.45, 2.75) is 57.7 Å². The van der Waals surface area contributed by atoms with Crippen LogP contribution in [0, 0.1) is 0 Å². The number of nitrogens with two attached hydrogens (primary N) is 1. The smallest absolute Gasteiger partial charge is 0.330 e. The number of nitrogen functional groups attached to an aromatic ring is 1. The highest BCUT2D eigenvalue weighted by atomic mass is 16.3. The van der Waals surface area contributed by atoms with E-state index in [-0.39, 0.29) is 17.5 Å². The number of nitrogens with one attached hydrogen (secondary N) is 2. The van der Waals surface area contributed by atoms with Crippen molar-refractivity contribution in [3.05, 3.63) is 20.8 Å². The van der Waals surface area contributed by atoms with Crippen molar-refractivity contribution in [2.24, 2.45) is 0 Å². The Morgan fingerprint density at radius 1 is 1.40 bits per heavy atom. The zero-order valence-electron chi connectivity index (χ0n) is 11.7. The summed E-state index contributed by atoms with van der Waals surface area (Å²) in [5.74, 6) is 0.137. The Morgan fingerprint density at radius 2 is 2.10 bits per heavy atom. The van der Waals surface area contributed by atoms with Crippen LogP contribution in [0.1, 0.15) is 39.0 Å². The normalized spacial score (nSPS) is 22.7. The van der Waals surface area contributed by atoms with Gasteiger partial charge in [0.25, 0.3) is 5.56 Å². The largest absolute Gasteiger partial charge is 0.391 e. The first-order valence-corrected chi connectivity index (χ1v) is 7.11. The molecule has 0 bridgehead atoms. The van der Waals surface area contributed by atoms with Crippen LogP contribution in [0.2, 0.25) is 0 Å². The summed E-state index contributed by atoms with van der Waals surface area (Å²) >= 11 is 0. The van der Waals surface area contributed by atoms with Gasteiger partial charge >= 0.3 is 5.69 Å². The summed E-state index contributed by atoms with van der Waals surface area (Å²) < 4.78 is 1.35. The molecule has 0 aromatic carbocycles. The number of anilines is 2. The van der Waals surface area contributed by atoms with E-state index in [9.17, 15) is 14.7 Å². The maximum Gasteiger partial charge on any atom is 0.330 e. The Kier molecular flexibility index (Phi) is 4.49. The quantitative estimate of drug-likeness (QED) is 0.632. The fourth-order valence-corrected chi connectivity index (χ4v) is 2.64. The summed E-state index contributed by atoms with van der Waals surface area (Å²) in [6.07, 6.45) is 3.73. The lowest BCUT2D eigenvalue weighted by Crippen LogP contribution is -2.41. The average molecular weight is 282 g/mol. The topological polar surface area (TPSA) is 113 Å². The van der Waals surface area contributed by atoms with E-state index in [1.807, 2.05) is 6.92 Å². The molecule has 7 nitrogen and oxygen atoms in total. The van der Waals surface area contributed by atoms with Crippen molar-refractivity contribution < 1.29 is 5.11 Å². The fraction of sp³-hybridized carbons (Fsp3) is 0.692. The molecule has 2 unspecified atom stereocenters. The van der Waals surface area contributed by atoms with E-state index in [2.05, 4.69) is 10.3 Å². The molecule has 7 heteroatoms. The third-order valence-electron chi connectivity index (χ3n) is 3.75. The Balaban J connectivity index is 2.33. The van der Waals surface area contributed by atoms with E-state index < -0.39 is 17.4 Å². The average Bonchev–Trinajstić information content (AvgIpc) is 2.41. The van der Waals surface area contributed by atoms with Crippen molar-refractivity contribution in [3.63, 3.8) is 0 Å². The summed E-state index contributed by atoms with van der Waals surface area (Å²) in [4.78, 5) is 25.9. The van der Waals surface area contributed by atoms with Crippen LogP contribution in [0.15, 0.2) is 9.59 Å². The number of nitrogens with zero attached hydrogens (tertiary/aromatic N) is 1. The first-order valence-electron chi connectivity index (χ1n) is 7.11. The van der Waals surface area contributed by atoms with Gasteiger partial charge in [0, 0.05) is 6.54 Å². The molecule has 1 aliphatic carbocycles. The molecule has 1 saturated carbocycles. The summed E-state index contributed by atoms with van der Waals surface area (Å²) in [7, 11) is 0. The van der Waals surface area contributed by atoms with Crippen molar-refractivity contribution in [1.82, 2.24) is 9.55 Å². The molecule has 2 atom stereocenters. The molecule has 1 heterocycles. The van der Waals surface area contributed by atoms with Gasteiger partial charge in [-0.25, -0.2) is 4.79 Å². The molecule has 20 heavy (non-hydrogen) atoms. The molecule has 1 aromatic rings. The highest BCUT2D eigenvalue weighted by molar-refractivity contribution is 5.61. The third kappa shape index (κ3) is 2.87. The van der Waals surface area contributed by atoms with Crippen molar-refractivity contribution in [1.29, 1.82) is 0 Å². The molecule has 0 radical (unpaired) electrons. The molecule has 1 aromatic heterocycles. The van der Waals surface area contributed by atoms with Crippen LogP contribution < -0.4 is 22.3 Å².